The minimum atomic E-state index is -1.15. The van der Waals surface area contributed by atoms with E-state index < -0.39 is 11.9 Å². The van der Waals surface area contributed by atoms with Crippen molar-refractivity contribution in [3.63, 3.8) is 0 Å². The van der Waals surface area contributed by atoms with Crippen molar-refractivity contribution in [3.8, 4) is 0 Å². The van der Waals surface area contributed by atoms with Gasteiger partial charge in [-0.1, -0.05) is 15.9 Å². The van der Waals surface area contributed by atoms with Crippen molar-refractivity contribution in [3.05, 3.63) is 33.8 Å². The van der Waals surface area contributed by atoms with Gasteiger partial charge >= 0.3 is 11.9 Å². The lowest BCUT2D eigenvalue weighted by Gasteiger charge is -2.05. The van der Waals surface area contributed by atoms with Crippen molar-refractivity contribution in [1.29, 1.82) is 0 Å². The monoisotopic (exact) mass is 272 g/mol. The van der Waals surface area contributed by atoms with Gasteiger partial charge in [-0.25, -0.2) is 9.59 Å². The average molecular weight is 273 g/mol. The van der Waals surface area contributed by atoms with Crippen LogP contribution in [0.2, 0.25) is 0 Å². The highest BCUT2D eigenvalue weighted by molar-refractivity contribution is 9.10. The zero-order chi connectivity index (χ0) is 11.4. The summed E-state index contributed by atoms with van der Waals surface area (Å²) in [7, 11) is 0. The number of carboxylic acids is 1. The molecule has 0 amide bonds. The van der Waals surface area contributed by atoms with Gasteiger partial charge in [0.1, 0.15) is 0 Å². The lowest BCUT2D eigenvalue weighted by Crippen LogP contribution is -2.11. The molecule has 0 unspecified atom stereocenters. The lowest BCUT2D eigenvalue weighted by atomic mass is 10.1. The first-order chi connectivity index (χ1) is 7.06. The van der Waals surface area contributed by atoms with Gasteiger partial charge in [-0.3, -0.25) is 0 Å². The van der Waals surface area contributed by atoms with Gasteiger partial charge in [0, 0.05) is 4.47 Å². The van der Waals surface area contributed by atoms with Gasteiger partial charge in [-0.2, -0.15) is 0 Å². The molecular weight excluding hydrogens is 264 g/mol. The summed E-state index contributed by atoms with van der Waals surface area (Å²) in [6.07, 6.45) is 0. The summed E-state index contributed by atoms with van der Waals surface area (Å²) in [6, 6.07) is 4.39. The Morgan fingerprint density at radius 3 is 2.60 bits per heavy atom. The van der Waals surface area contributed by atoms with Gasteiger partial charge in [0.05, 0.1) is 17.7 Å². The molecule has 1 N–H and O–H groups in total. The normalized spacial score (nSPS) is 9.73. The van der Waals surface area contributed by atoms with Crippen molar-refractivity contribution in [1.82, 2.24) is 0 Å². The number of carbonyl (C=O) groups excluding carboxylic acids is 1. The van der Waals surface area contributed by atoms with Crippen LogP contribution >= 0.6 is 15.9 Å². The van der Waals surface area contributed by atoms with Crippen LogP contribution in [0.1, 0.15) is 27.6 Å². The van der Waals surface area contributed by atoms with Gasteiger partial charge < -0.3 is 9.84 Å². The number of aromatic carboxylic acids is 1. The summed E-state index contributed by atoms with van der Waals surface area (Å²) in [5.74, 6) is -1.78. The Morgan fingerprint density at radius 1 is 1.40 bits per heavy atom. The minimum absolute atomic E-state index is 0.0625. The van der Waals surface area contributed by atoms with E-state index in [-0.39, 0.29) is 17.7 Å². The number of hydrogen-bond donors (Lipinski definition) is 1. The van der Waals surface area contributed by atoms with Crippen LogP contribution in [0, 0.1) is 0 Å². The van der Waals surface area contributed by atoms with Crippen LogP contribution < -0.4 is 0 Å². The molecule has 0 saturated heterocycles. The molecule has 0 atom stereocenters. The first-order valence-electron chi connectivity index (χ1n) is 4.26. The molecule has 0 spiro atoms. The maximum Gasteiger partial charge on any atom is 0.338 e. The van der Waals surface area contributed by atoms with E-state index in [1.165, 1.54) is 12.1 Å². The molecule has 5 heteroatoms. The number of ether oxygens (including phenoxy) is 1. The molecule has 0 aliphatic heterocycles. The summed E-state index contributed by atoms with van der Waals surface area (Å²) in [6.45, 7) is 1.88. The molecule has 80 valence electrons. The molecule has 0 bridgehead atoms. The van der Waals surface area contributed by atoms with E-state index in [0.29, 0.717) is 4.47 Å². The second-order valence-corrected chi connectivity index (χ2v) is 3.63. The molecule has 1 aromatic carbocycles. The standard InChI is InChI=1S/C10H9BrO4/c1-2-15-10(14)7-4-3-6(11)5-8(7)9(12)13/h3-5H,2H2,1H3,(H,12,13). The van der Waals surface area contributed by atoms with Crippen LogP contribution in [0.4, 0.5) is 0 Å². The highest BCUT2D eigenvalue weighted by Gasteiger charge is 2.17. The van der Waals surface area contributed by atoms with Gasteiger partial charge in [0.25, 0.3) is 0 Å². The average Bonchev–Trinajstić information content (AvgIpc) is 2.17. The topological polar surface area (TPSA) is 63.6 Å². The van der Waals surface area contributed by atoms with Gasteiger partial charge in [0.2, 0.25) is 0 Å². The molecule has 0 aromatic heterocycles. The molecule has 0 radical (unpaired) electrons. The molecular formula is C10H9BrO4. The fourth-order valence-corrected chi connectivity index (χ4v) is 1.44. The van der Waals surface area contributed by atoms with Gasteiger partial charge in [-0.05, 0) is 25.1 Å². The van der Waals surface area contributed by atoms with E-state index in [1.54, 1.807) is 13.0 Å². The fourth-order valence-electron chi connectivity index (χ4n) is 1.08. The maximum absolute atomic E-state index is 11.4. The highest BCUT2D eigenvalue weighted by atomic mass is 79.9. The summed E-state index contributed by atoms with van der Waals surface area (Å²) >= 11 is 3.14. The summed E-state index contributed by atoms with van der Waals surface area (Å²) < 4.78 is 5.35. The van der Waals surface area contributed by atoms with Crippen LogP contribution in [0.5, 0.6) is 0 Å². The van der Waals surface area contributed by atoms with Crippen LogP contribution in [0.15, 0.2) is 22.7 Å². The Balaban J connectivity index is 3.17. The molecule has 0 aliphatic carbocycles. The quantitative estimate of drug-likeness (QED) is 0.858. The maximum atomic E-state index is 11.4. The van der Waals surface area contributed by atoms with Crippen molar-refractivity contribution in [2.45, 2.75) is 6.92 Å². The Labute approximate surface area is 95.0 Å². The number of hydrogen-bond acceptors (Lipinski definition) is 3. The summed E-state index contributed by atoms with van der Waals surface area (Å²) in [5, 5.41) is 8.88. The summed E-state index contributed by atoms with van der Waals surface area (Å²) in [5.41, 5.74) is -0.00428. The number of carboxylic acid groups (broad SMARTS) is 1. The van der Waals surface area contributed by atoms with Crippen molar-refractivity contribution in [2.24, 2.45) is 0 Å². The Hall–Kier alpha value is -1.36. The smallest absolute Gasteiger partial charge is 0.338 e. The van der Waals surface area contributed by atoms with Gasteiger partial charge in [-0.15, -0.1) is 0 Å². The first-order valence-corrected chi connectivity index (χ1v) is 5.05. The van der Waals surface area contributed by atoms with E-state index in [4.69, 9.17) is 9.84 Å². The zero-order valence-electron chi connectivity index (χ0n) is 7.99. The van der Waals surface area contributed by atoms with Crippen molar-refractivity contribution >= 4 is 27.9 Å². The van der Waals surface area contributed by atoms with E-state index >= 15 is 0 Å². The van der Waals surface area contributed by atoms with Crippen LogP contribution in [-0.4, -0.2) is 23.7 Å². The number of rotatable bonds is 3. The van der Waals surface area contributed by atoms with Crippen molar-refractivity contribution in [2.75, 3.05) is 6.61 Å². The molecule has 0 aliphatic rings. The molecule has 0 saturated carbocycles. The lowest BCUT2D eigenvalue weighted by molar-refractivity contribution is 0.0514. The Morgan fingerprint density at radius 2 is 2.07 bits per heavy atom. The largest absolute Gasteiger partial charge is 0.478 e. The zero-order valence-corrected chi connectivity index (χ0v) is 9.58. The van der Waals surface area contributed by atoms with Gasteiger partial charge in [0.15, 0.2) is 0 Å². The predicted molar refractivity (Wildman–Crippen MR) is 57.1 cm³/mol. The van der Waals surface area contributed by atoms with E-state index in [9.17, 15) is 9.59 Å². The second-order valence-electron chi connectivity index (χ2n) is 2.72. The van der Waals surface area contributed by atoms with Crippen molar-refractivity contribution < 1.29 is 19.4 Å². The van der Waals surface area contributed by atoms with Crippen LogP contribution in [0.25, 0.3) is 0 Å². The Kier molecular flexibility index (Phi) is 3.85. The number of esters is 1. The predicted octanol–water partition coefficient (Wildman–Crippen LogP) is 2.32. The fraction of sp³-hybridized carbons (Fsp3) is 0.200. The molecule has 1 rings (SSSR count). The molecule has 1 aromatic rings. The third kappa shape index (κ3) is 2.79. The number of halogens is 1. The number of benzene rings is 1. The molecule has 0 fully saturated rings. The third-order valence-electron chi connectivity index (χ3n) is 1.71. The SMILES string of the molecule is CCOC(=O)c1ccc(Br)cc1C(=O)O. The molecule has 0 heterocycles. The molecule has 4 nitrogen and oxygen atoms in total. The number of carbonyl (C=O) groups is 2. The summed E-state index contributed by atoms with van der Waals surface area (Å²) in [4.78, 5) is 22.2. The third-order valence-corrected chi connectivity index (χ3v) is 2.20. The minimum Gasteiger partial charge on any atom is -0.478 e. The van der Waals surface area contributed by atoms with Crippen LogP contribution in [-0.2, 0) is 4.74 Å². The molecule has 15 heavy (non-hydrogen) atoms. The van der Waals surface area contributed by atoms with E-state index in [0.717, 1.165) is 0 Å². The highest BCUT2D eigenvalue weighted by Crippen LogP contribution is 2.17. The van der Waals surface area contributed by atoms with E-state index in [1.807, 2.05) is 0 Å². The second kappa shape index (κ2) is 4.93. The first kappa shape index (κ1) is 11.7. The Bertz CT molecular complexity index is 400. The van der Waals surface area contributed by atoms with E-state index in [2.05, 4.69) is 15.9 Å². The van der Waals surface area contributed by atoms with Crippen LogP contribution in [0.3, 0.4) is 0 Å².